The van der Waals surface area contributed by atoms with Crippen molar-refractivity contribution in [3.05, 3.63) is 148 Å². The van der Waals surface area contributed by atoms with E-state index in [1.165, 1.54) is 11.3 Å². The number of hydrogen-bond donors (Lipinski definition) is 3. The molecule has 0 bridgehead atoms. The number of carboxylic acids is 1. The summed E-state index contributed by atoms with van der Waals surface area (Å²) >= 11 is 1.29. The average molecular weight is 816 g/mol. The van der Waals surface area contributed by atoms with Crippen molar-refractivity contribution in [3.63, 3.8) is 0 Å². The topological polar surface area (TPSA) is 164 Å². The lowest BCUT2D eigenvalue weighted by Gasteiger charge is -2.36. The van der Waals surface area contributed by atoms with Crippen LogP contribution in [0.5, 0.6) is 5.75 Å². The molecule has 2 aliphatic heterocycles. The van der Waals surface area contributed by atoms with Crippen LogP contribution in [0.4, 0.5) is 9.93 Å². The minimum absolute atomic E-state index is 0.0146. The Bertz CT molecular complexity index is 2170. The first-order chi connectivity index (χ1) is 28.5. The van der Waals surface area contributed by atoms with Crippen LogP contribution in [0, 0.1) is 0 Å². The second-order valence-corrected chi connectivity index (χ2v) is 16.3. The number of hydrogen-bond acceptors (Lipinski definition) is 10. The van der Waals surface area contributed by atoms with E-state index in [-0.39, 0.29) is 36.8 Å². The fourth-order valence-electron chi connectivity index (χ4n) is 7.28. The summed E-state index contributed by atoms with van der Waals surface area (Å²) in [7, 11) is 0. The Labute approximate surface area is 348 Å². The number of guanidine groups is 1. The second-order valence-electron chi connectivity index (χ2n) is 15.4. The number of benzene rings is 4. The number of nitrogens with two attached hydrogens (primary N) is 1. The Morgan fingerprint density at radius 1 is 0.847 bits per heavy atom. The molecule has 1 amide bonds. The van der Waals surface area contributed by atoms with E-state index in [0.29, 0.717) is 43.0 Å². The van der Waals surface area contributed by atoms with Gasteiger partial charge in [-0.05, 0) is 73.6 Å². The number of carboxylic acid groups (broad SMARTS) is 1. The van der Waals surface area contributed by atoms with Gasteiger partial charge in [0.15, 0.2) is 17.7 Å². The van der Waals surface area contributed by atoms with E-state index in [4.69, 9.17) is 25.0 Å². The van der Waals surface area contributed by atoms with Gasteiger partial charge in [0.1, 0.15) is 29.2 Å². The standard InChI is InChI=1S/C45H49N7O6S/c1-44(2,3)58-43(55)51-23-21-36(22-24-51)47-41(46)52-28-31-19-20-37(27-32(31)29-52)56-25-26-57-50-39(40(53)54)38-30-59-42(48-38)49-45(33-13-7-4-8-14-33,34-15-9-5-10-16-34)35-17-11-6-12-18-35/h4-20,27,30,36H,21-26,28-29H2,1-3H3,(H2,46,47)(H,48,49)(H,53,54)/b50-39-. The number of rotatable bonds is 13. The van der Waals surface area contributed by atoms with Crippen molar-refractivity contribution < 1.29 is 29.0 Å². The van der Waals surface area contributed by atoms with Gasteiger partial charge in [0.05, 0.1) is 6.04 Å². The summed E-state index contributed by atoms with van der Waals surface area (Å²) in [5.74, 6) is -0.137. The van der Waals surface area contributed by atoms with Crippen molar-refractivity contribution >= 4 is 40.2 Å². The molecule has 4 aromatic carbocycles. The highest BCUT2D eigenvalue weighted by molar-refractivity contribution is 7.14. The number of ether oxygens (including phenoxy) is 2. The van der Waals surface area contributed by atoms with Gasteiger partial charge in [-0.3, -0.25) is 0 Å². The minimum Gasteiger partial charge on any atom is -0.490 e. The first kappa shape index (κ1) is 40.8. The first-order valence-electron chi connectivity index (χ1n) is 19.6. The van der Waals surface area contributed by atoms with Crippen LogP contribution in [-0.2, 0) is 33.0 Å². The summed E-state index contributed by atoms with van der Waals surface area (Å²) < 4.78 is 11.5. The maximum absolute atomic E-state index is 12.4. The molecule has 14 heteroatoms. The van der Waals surface area contributed by atoms with E-state index >= 15 is 0 Å². The zero-order valence-corrected chi connectivity index (χ0v) is 34.2. The van der Waals surface area contributed by atoms with Crippen molar-refractivity contribution in [1.82, 2.24) is 14.8 Å². The molecule has 0 radical (unpaired) electrons. The van der Waals surface area contributed by atoms with Gasteiger partial charge in [-0.1, -0.05) is 102 Å². The van der Waals surface area contributed by atoms with E-state index in [9.17, 15) is 14.7 Å². The first-order valence-corrected chi connectivity index (χ1v) is 20.5. The molecule has 5 aromatic rings. The van der Waals surface area contributed by atoms with Gasteiger partial charge in [-0.15, -0.1) is 11.3 Å². The number of aliphatic imine (C=N–C) groups is 1. The van der Waals surface area contributed by atoms with Crippen LogP contribution in [0.15, 0.2) is 125 Å². The third kappa shape index (κ3) is 9.83. The van der Waals surface area contributed by atoms with Crippen LogP contribution in [-0.4, -0.2) is 81.6 Å². The summed E-state index contributed by atoms with van der Waals surface area (Å²) in [6.07, 6.45) is 1.15. The zero-order chi connectivity index (χ0) is 41.4. The normalized spacial score (nSPS) is 15.1. The molecule has 1 aromatic heterocycles. The molecule has 4 N–H and O–H groups in total. The number of aliphatic carboxylic acids is 1. The van der Waals surface area contributed by atoms with Gasteiger partial charge in [0.25, 0.3) is 0 Å². The predicted molar refractivity (Wildman–Crippen MR) is 229 cm³/mol. The lowest BCUT2D eigenvalue weighted by atomic mass is 9.77. The molecule has 7 rings (SSSR count). The van der Waals surface area contributed by atoms with Crippen LogP contribution >= 0.6 is 11.3 Å². The Morgan fingerprint density at radius 3 is 2.02 bits per heavy atom. The van der Waals surface area contributed by atoms with E-state index in [0.717, 1.165) is 40.7 Å². The number of amides is 1. The molecule has 1 fully saturated rings. The zero-order valence-electron chi connectivity index (χ0n) is 33.4. The number of carbonyl (C=O) groups excluding carboxylic acids is 1. The number of oxime groups is 1. The molecule has 0 aliphatic carbocycles. The van der Waals surface area contributed by atoms with Crippen molar-refractivity contribution in [2.45, 2.75) is 63.9 Å². The van der Waals surface area contributed by atoms with E-state index < -0.39 is 17.1 Å². The smallest absolute Gasteiger partial charge is 0.410 e. The molecule has 2 aliphatic rings. The molecule has 0 unspecified atom stereocenters. The molecule has 0 atom stereocenters. The largest absolute Gasteiger partial charge is 0.490 e. The Morgan fingerprint density at radius 2 is 1.44 bits per heavy atom. The van der Waals surface area contributed by atoms with Gasteiger partial charge >= 0.3 is 12.1 Å². The number of nitrogens with zero attached hydrogens (tertiary/aromatic N) is 5. The van der Waals surface area contributed by atoms with Crippen LogP contribution in [0.1, 0.15) is 67.1 Å². The molecule has 0 saturated carbocycles. The molecule has 1 saturated heterocycles. The lowest BCUT2D eigenvalue weighted by Crippen LogP contribution is -2.43. The van der Waals surface area contributed by atoms with Crippen LogP contribution in [0.2, 0.25) is 0 Å². The maximum Gasteiger partial charge on any atom is 0.410 e. The number of anilines is 1. The highest BCUT2D eigenvalue weighted by Crippen LogP contribution is 2.40. The molecule has 0 spiro atoms. The van der Waals surface area contributed by atoms with Crippen molar-refractivity contribution in [2.24, 2.45) is 15.9 Å². The number of aromatic nitrogens is 1. The van der Waals surface area contributed by atoms with Gasteiger partial charge < -0.3 is 40.3 Å². The SMILES string of the molecule is CC(C)(C)OC(=O)N1CCC(N=C(N)N2Cc3ccc(OCCO/N=C(\C(=O)O)c4csc(NC(c5ccccc5)(c5ccccc5)c5ccccc5)n4)cc3C2)CC1. The van der Waals surface area contributed by atoms with Gasteiger partial charge in [0, 0.05) is 31.6 Å². The maximum atomic E-state index is 12.4. The Hall–Kier alpha value is -6.41. The van der Waals surface area contributed by atoms with Crippen LogP contribution in [0.25, 0.3) is 0 Å². The number of likely N-dealkylation sites (tertiary alicyclic amines) is 1. The van der Waals surface area contributed by atoms with E-state index in [2.05, 4.69) is 51.9 Å². The van der Waals surface area contributed by atoms with Gasteiger partial charge in [0.2, 0.25) is 5.71 Å². The van der Waals surface area contributed by atoms with Gasteiger partial charge in [-0.25, -0.2) is 19.6 Å². The second kappa shape index (κ2) is 18.0. The highest BCUT2D eigenvalue weighted by atomic mass is 32.1. The summed E-state index contributed by atoms with van der Waals surface area (Å²) in [5, 5.41) is 19.9. The quantitative estimate of drug-likeness (QED) is 0.0357. The molecule has 59 heavy (non-hydrogen) atoms. The number of fused-ring (bicyclic) bond motifs is 1. The Kier molecular flexibility index (Phi) is 12.5. The van der Waals surface area contributed by atoms with Crippen molar-refractivity contribution in [1.29, 1.82) is 0 Å². The van der Waals surface area contributed by atoms with Crippen LogP contribution < -0.4 is 15.8 Å². The summed E-state index contributed by atoms with van der Waals surface area (Å²) in [6.45, 7) is 8.13. The van der Waals surface area contributed by atoms with Gasteiger partial charge in [-0.2, -0.15) is 0 Å². The molecular formula is C45H49N7O6S. The number of thiazole rings is 1. The van der Waals surface area contributed by atoms with Crippen LogP contribution in [0.3, 0.4) is 0 Å². The monoisotopic (exact) mass is 815 g/mol. The minimum atomic E-state index is -1.26. The number of nitrogens with one attached hydrogen (secondary N) is 1. The van der Waals surface area contributed by atoms with Crippen molar-refractivity contribution in [3.8, 4) is 5.75 Å². The third-order valence-electron chi connectivity index (χ3n) is 10.1. The fraction of sp³-hybridized carbons (Fsp3) is 0.311. The molecule has 13 nitrogen and oxygen atoms in total. The summed E-state index contributed by atoms with van der Waals surface area (Å²) in [6, 6.07) is 36.2. The van der Waals surface area contributed by atoms with E-state index in [1.807, 2.05) is 98.5 Å². The average Bonchev–Trinajstić information content (AvgIpc) is 3.89. The third-order valence-corrected chi connectivity index (χ3v) is 10.9. The molecule has 306 valence electrons. The molecular weight excluding hydrogens is 767 g/mol. The number of piperidine rings is 1. The predicted octanol–water partition coefficient (Wildman–Crippen LogP) is 7.46. The Balaban J connectivity index is 0.948. The van der Waals surface area contributed by atoms with Crippen molar-refractivity contribution in [2.75, 3.05) is 31.6 Å². The highest BCUT2D eigenvalue weighted by Gasteiger charge is 2.37. The fourth-order valence-corrected chi connectivity index (χ4v) is 8.03. The summed E-state index contributed by atoms with van der Waals surface area (Å²) in [4.78, 5) is 43.5. The summed E-state index contributed by atoms with van der Waals surface area (Å²) in [5.41, 5.74) is 10.2. The molecule has 3 heterocycles. The number of carbonyl (C=O) groups is 2. The lowest BCUT2D eigenvalue weighted by molar-refractivity contribution is -0.129. The van der Waals surface area contributed by atoms with E-state index in [1.54, 1.807) is 10.3 Å².